The van der Waals surface area contributed by atoms with Crippen molar-refractivity contribution in [1.82, 2.24) is 10.6 Å². The second-order valence-corrected chi connectivity index (χ2v) is 6.22. The third-order valence-electron chi connectivity index (χ3n) is 4.02. The summed E-state index contributed by atoms with van der Waals surface area (Å²) in [5.41, 5.74) is 2.26. The second kappa shape index (κ2) is 7.53. The minimum atomic E-state index is -0.551. The van der Waals surface area contributed by atoms with Gasteiger partial charge in [-0.2, -0.15) is 0 Å². The molecule has 0 bridgehead atoms. The Morgan fingerprint density at radius 3 is 2.73 bits per heavy atom. The first-order valence-corrected chi connectivity index (χ1v) is 8.38. The smallest absolute Gasteiger partial charge is 0.255 e. The van der Waals surface area contributed by atoms with Crippen molar-refractivity contribution >= 4 is 28.9 Å². The second-order valence-electron chi connectivity index (χ2n) is 5.81. The summed E-state index contributed by atoms with van der Waals surface area (Å²) in [6.45, 7) is 1.76. The zero-order valence-electron chi connectivity index (χ0n) is 14.3. The summed E-state index contributed by atoms with van der Waals surface area (Å²) < 4.78 is 18.8. The van der Waals surface area contributed by atoms with Crippen LogP contribution >= 0.6 is 12.2 Å². The minimum absolute atomic E-state index is 0.312. The molecule has 3 N–H and O–H groups in total. The van der Waals surface area contributed by atoms with E-state index in [2.05, 4.69) is 16.0 Å². The molecule has 1 heterocycles. The van der Waals surface area contributed by atoms with E-state index >= 15 is 0 Å². The van der Waals surface area contributed by atoms with E-state index in [1.807, 2.05) is 0 Å². The number of carbonyl (C=O) groups is 1. The van der Waals surface area contributed by atoms with Crippen LogP contribution in [0.3, 0.4) is 0 Å². The highest BCUT2D eigenvalue weighted by Gasteiger charge is 2.30. The average molecular weight is 371 g/mol. The maximum Gasteiger partial charge on any atom is 0.255 e. The third kappa shape index (κ3) is 3.83. The van der Waals surface area contributed by atoms with Crippen LogP contribution in [0.4, 0.5) is 10.1 Å². The Morgan fingerprint density at radius 2 is 2.00 bits per heavy atom. The van der Waals surface area contributed by atoms with Gasteiger partial charge in [0, 0.05) is 17.5 Å². The van der Waals surface area contributed by atoms with Gasteiger partial charge in [0.15, 0.2) is 5.11 Å². The maximum atomic E-state index is 13.7. The number of rotatable bonds is 4. The highest BCUT2D eigenvalue weighted by atomic mass is 32.1. The van der Waals surface area contributed by atoms with Gasteiger partial charge in [0.05, 0.1) is 18.7 Å². The average Bonchev–Trinajstić information content (AvgIpc) is 2.61. The first-order chi connectivity index (χ1) is 12.5. The van der Waals surface area contributed by atoms with Crippen molar-refractivity contribution in [3.05, 3.63) is 71.2 Å². The van der Waals surface area contributed by atoms with Crippen LogP contribution < -0.4 is 20.7 Å². The van der Waals surface area contributed by atoms with Gasteiger partial charge in [-0.05, 0) is 49.0 Å². The normalized spacial score (nSPS) is 16.6. The van der Waals surface area contributed by atoms with Gasteiger partial charge >= 0.3 is 0 Å². The molecule has 0 radical (unpaired) electrons. The van der Waals surface area contributed by atoms with Crippen molar-refractivity contribution in [3.63, 3.8) is 0 Å². The number of anilines is 1. The van der Waals surface area contributed by atoms with Crippen molar-refractivity contribution in [3.8, 4) is 5.75 Å². The Labute approximate surface area is 156 Å². The Bertz CT molecular complexity index is 898. The topological polar surface area (TPSA) is 62.4 Å². The van der Waals surface area contributed by atoms with Crippen molar-refractivity contribution in [2.24, 2.45) is 0 Å². The number of amides is 1. The molecule has 0 saturated carbocycles. The molecule has 2 aromatic carbocycles. The van der Waals surface area contributed by atoms with E-state index in [-0.39, 0.29) is 11.7 Å². The largest absolute Gasteiger partial charge is 0.497 e. The number of allylic oxidation sites excluding steroid dienone is 1. The fourth-order valence-corrected chi connectivity index (χ4v) is 3.10. The van der Waals surface area contributed by atoms with E-state index in [1.54, 1.807) is 50.4 Å². The van der Waals surface area contributed by atoms with Crippen LogP contribution in [0.15, 0.2) is 59.8 Å². The lowest BCUT2D eigenvalue weighted by atomic mass is 9.95. The summed E-state index contributed by atoms with van der Waals surface area (Å²) in [5, 5.41) is 9.23. The number of hydrogen-bond donors (Lipinski definition) is 3. The van der Waals surface area contributed by atoms with E-state index < -0.39 is 6.04 Å². The molecule has 3 rings (SSSR count). The summed E-state index contributed by atoms with van der Waals surface area (Å²) in [7, 11) is 1.56. The fraction of sp³-hybridized carbons (Fsp3) is 0.158. The highest BCUT2D eigenvalue weighted by molar-refractivity contribution is 7.80. The van der Waals surface area contributed by atoms with Gasteiger partial charge < -0.3 is 20.7 Å². The molecule has 5 nitrogen and oxygen atoms in total. The first kappa shape index (κ1) is 17.9. The monoisotopic (exact) mass is 371 g/mol. The SMILES string of the molecule is COc1cccc(NC(=O)C2=C(C)NC(=S)N[C@H]2c2cccc(F)c2)c1. The number of methoxy groups -OCH3 is 1. The molecule has 0 spiro atoms. The quantitative estimate of drug-likeness (QED) is 0.720. The minimum Gasteiger partial charge on any atom is -0.497 e. The van der Waals surface area contributed by atoms with Crippen molar-refractivity contribution in [2.75, 3.05) is 12.4 Å². The van der Waals surface area contributed by atoms with E-state index in [9.17, 15) is 9.18 Å². The summed E-state index contributed by atoms with van der Waals surface area (Å²) in [5.74, 6) is -0.0530. The summed E-state index contributed by atoms with van der Waals surface area (Å²) in [6.07, 6.45) is 0. The van der Waals surface area contributed by atoms with Gasteiger partial charge in [-0.3, -0.25) is 4.79 Å². The van der Waals surface area contributed by atoms with E-state index in [4.69, 9.17) is 17.0 Å². The lowest BCUT2D eigenvalue weighted by molar-refractivity contribution is -0.113. The molecule has 0 aliphatic carbocycles. The molecule has 7 heteroatoms. The number of hydrogen-bond acceptors (Lipinski definition) is 3. The predicted octanol–water partition coefficient (Wildman–Crippen LogP) is 3.27. The zero-order valence-corrected chi connectivity index (χ0v) is 15.1. The van der Waals surface area contributed by atoms with Crippen molar-refractivity contribution < 1.29 is 13.9 Å². The number of benzene rings is 2. The third-order valence-corrected chi connectivity index (χ3v) is 4.24. The molecule has 0 fully saturated rings. The Morgan fingerprint density at radius 1 is 1.23 bits per heavy atom. The molecule has 1 amide bonds. The van der Waals surface area contributed by atoms with Crippen molar-refractivity contribution in [1.29, 1.82) is 0 Å². The molecule has 134 valence electrons. The number of ether oxygens (including phenoxy) is 1. The van der Waals surface area contributed by atoms with Crippen LogP contribution in [-0.2, 0) is 4.79 Å². The predicted molar refractivity (Wildman–Crippen MR) is 102 cm³/mol. The standard InChI is InChI=1S/C19H18FN3O2S/c1-11-16(18(24)22-14-7-4-8-15(10-14)25-2)17(23-19(26)21-11)12-5-3-6-13(20)9-12/h3-10,17H,1-2H3,(H,22,24)(H2,21,23,26)/t17-/m0/s1. The molecule has 1 aliphatic rings. The Hall–Kier alpha value is -2.93. The van der Waals surface area contributed by atoms with Gasteiger partial charge in [0.2, 0.25) is 0 Å². The zero-order chi connectivity index (χ0) is 18.7. The number of thiocarbonyl (C=S) groups is 1. The Balaban J connectivity index is 1.94. The highest BCUT2D eigenvalue weighted by Crippen LogP contribution is 2.28. The van der Waals surface area contributed by atoms with E-state index in [0.29, 0.717) is 33.4 Å². The first-order valence-electron chi connectivity index (χ1n) is 7.97. The van der Waals surface area contributed by atoms with Crippen molar-refractivity contribution in [2.45, 2.75) is 13.0 Å². The molecule has 0 unspecified atom stereocenters. The lowest BCUT2D eigenvalue weighted by Gasteiger charge is -2.30. The molecule has 0 aromatic heterocycles. The van der Waals surface area contributed by atoms with Crippen LogP contribution in [0, 0.1) is 5.82 Å². The van der Waals surface area contributed by atoms with Crippen LogP contribution in [0.1, 0.15) is 18.5 Å². The van der Waals surface area contributed by atoms with Gasteiger partial charge in [-0.1, -0.05) is 18.2 Å². The van der Waals surface area contributed by atoms with Crippen LogP contribution in [0.2, 0.25) is 0 Å². The molecular weight excluding hydrogens is 353 g/mol. The summed E-state index contributed by atoms with van der Waals surface area (Å²) in [6, 6.07) is 12.6. The summed E-state index contributed by atoms with van der Waals surface area (Å²) in [4.78, 5) is 12.9. The number of nitrogens with one attached hydrogen (secondary N) is 3. The lowest BCUT2D eigenvalue weighted by Crippen LogP contribution is -2.45. The van der Waals surface area contributed by atoms with Crippen LogP contribution in [-0.4, -0.2) is 18.1 Å². The van der Waals surface area contributed by atoms with Crippen LogP contribution in [0.5, 0.6) is 5.75 Å². The molecule has 1 atom stereocenters. The molecule has 26 heavy (non-hydrogen) atoms. The maximum absolute atomic E-state index is 13.7. The van der Waals surface area contributed by atoms with E-state index in [1.165, 1.54) is 12.1 Å². The molecular formula is C19H18FN3O2S. The molecule has 2 aromatic rings. The number of carbonyl (C=O) groups excluding carboxylic acids is 1. The van der Waals surface area contributed by atoms with Crippen LogP contribution in [0.25, 0.3) is 0 Å². The Kier molecular flexibility index (Phi) is 5.18. The molecule has 0 saturated heterocycles. The van der Waals surface area contributed by atoms with Gasteiger partial charge in [-0.25, -0.2) is 4.39 Å². The molecule has 1 aliphatic heterocycles. The summed E-state index contributed by atoms with van der Waals surface area (Å²) >= 11 is 5.20. The number of halogens is 1. The fourth-order valence-electron chi connectivity index (χ4n) is 2.83. The van der Waals surface area contributed by atoms with E-state index in [0.717, 1.165) is 0 Å². The van der Waals surface area contributed by atoms with Gasteiger partial charge in [0.25, 0.3) is 5.91 Å². The van der Waals surface area contributed by atoms with Gasteiger partial charge in [-0.15, -0.1) is 0 Å². The van der Waals surface area contributed by atoms with Gasteiger partial charge in [0.1, 0.15) is 11.6 Å².